The molecule has 0 saturated carbocycles. The summed E-state index contributed by atoms with van der Waals surface area (Å²) in [6.45, 7) is 0. The van der Waals surface area contributed by atoms with Crippen molar-refractivity contribution in [2.75, 3.05) is 0 Å². The summed E-state index contributed by atoms with van der Waals surface area (Å²) >= 11 is 9.13. The van der Waals surface area contributed by atoms with E-state index in [0.29, 0.717) is 20.3 Å². The average Bonchev–Trinajstić information content (AvgIpc) is 2.32. The van der Waals surface area contributed by atoms with Crippen LogP contribution < -0.4 is 4.18 Å². The normalized spacial score (nSPS) is 12.7. The zero-order valence-electron chi connectivity index (χ0n) is 9.28. The summed E-state index contributed by atoms with van der Waals surface area (Å²) in [4.78, 5) is 3.50. The van der Waals surface area contributed by atoms with E-state index in [1.807, 2.05) is 0 Å². The van der Waals surface area contributed by atoms with Crippen molar-refractivity contribution < 1.29 is 25.8 Å². The fraction of sp³-hybridized carbons (Fsp3) is 0.100. The molecule has 0 aliphatic rings. The van der Waals surface area contributed by atoms with Crippen molar-refractivity contribution in [2.24, 2.45) is 0 Å². The standard InChI is InChI=1S/C10H4BrClF3NO3S/c11-7-2-1-5-3-8(16-4-6(5)9(7)12)19-20(17,18)10(13,14)15/h1-4H. The Morgan fingerprint density at radius 1 is 1.30 bits per heavy atom. The van der Waals surface area contributed by atoms with Crippen molar-refractivity contribution in [3.8, 4) is 5.88 Å². The van der Waals surface area contributed by atoms with Crippen LogP contribution in [0, 0.1) is 0 Å². The van der Waals surface area contributed by atoms with Crippen LogP contribution in [-0.2, 0) is 10.1 Å². The van der Waals surface area contributed by atoms with Gasteiger partial charge in [0.2, 0.25) is 5.88 Å². The minimum absolute atomic E-state index is 0.306. The van der Waals surface area contributed by atoms with E-state index >= 15 is 0 Å². The van der Waals surface area contributed by atoms with Gasteiger partial charge in [-0.25, -0.2) is 4.98 Å². The molecule has 0 atom stereocenters. The highest BCUT2D eigenvalue weighted by molar-refractivity contribution is 9.10. The molecule has 0 N–H and O–H groups in total. The van der Waals surface area contributed by atoms with Gasteiger partial charge in [0.1, 0.15) is 0 Å². The van der Waals surface area contributed by atoms with Crippen molar-refractivity contribution in [1.29, 1.82) is 0 Å². The molecule has 1 aromatic carbocycles. The van der Waals surface area contributed by atoms with Crippen molar-refractivity contribution in [3.63, 3.8) is 0 Å². The van der Waals surface area contributed by atoms with Gasteiger partial charge in [-0.05, 0) is 27.4 Å². The maximum Gasteiger partial charge on any atom is 0.534 e. The van der Waals surface area contributed by atoms with Gasteiger partial charge in [-0.1, -0.05) is 17.7 Å². The Morgan fingerprint density at radius 2 is 1.95 bits per heavy atom. The SMILES string of the molecule is O=S(=O)(Oc1cc2ccc(Br)c(Cl)c2cn1)C(F)(F)F. The lowest BCUT2D eigenvalue weighted by Crippen LogP contribution is -2.28. The Kier molecular flexibility index (Phi) is 3.87. The smallest absolute Gasteiger partial charge is 0.355 e. The summed E-state index contributed by atoms with van der Waals surface area (Å²) < 4.78 is 62.8. The van der Waals surface area contributed by atoms with Crippen LogP contribution in [-0.4, -0.2) is 18.9 Å². The Morgan fingerprint density at radius 3 is 2.55 bits per heavy atom. The molecule has 2 aromatic rings. The molecule has 10 heteroatoms. The predicted molar refractivity (Wildman–Crippen MR) is 70.1 cm³/mol. The molecular formula is C10H4BrClF3NO3S. The van der Waals surface area contributed by atoms with Gasteiger partial charge in [-0.3, -0.25) is 0 Å². The van der Waals surface area contributed by atoms with Gasteiger partial charge in [0.05, 0.1) is 5.02 Å². The number of alkyl halides is 3. The molecule has 0 saturated heterocycles. The molecule has 1 aromatic heterocycles. The van der Waals surface area contributed by atoms with E-state index in [-0.39, 0.29) is 0 Å². The molecule has 108 valence electrons. The first-order valence-electron chi connectivity index (χ1n) is 4.86. The number of pyridine rings is 1. The quantitative estimate of drug-likeness (QED) is 0.577. The van der Waals surface area contributed by atoms with Crippen LogP contribution in [0.25, 0.3) is 10.8 Å². The Balaban J connectivity index is 2.47. The number of fused-ring (bicyclic) bond motifs is 1. The molecule has 4 nitrogen and oxygen atoms in total. The van der Waals surface area contributed by atoms with Crippen LogP contribution in [0.1, 0.15) is 0 Å². The van der Waals surface area contributed by atoms with Gasteiger partial charge < -0.3 is 4.18 Å². The molecule has 0 bridgehead atoms. The fourth-order valence-corrected chi connectivity index (χ4v) is 2.32. The Bertz CT molecular complexity index is 779. The van der Waals surface area contributed by atoms with Crippen LogP contribution in [0.2, 0.25) is 5.02 Å². The van der Waals surface area contributed by atoms with Crippen LogP contribution in [0.4, 0.5) is 13.2 Å². The maximum absolute atomic E-state index is 12.2. The summed E-state index contributed by atoms with van der Waals surface area (Å²) in [6, 6.07) is 4.14. The number of hydrogen-bond donors (Lipinski definition) is 0. The lowest BCUT2D eigenvalue weighted by molar-refractivity contribution is -0.0501. The molecule has 0 fully saturated rings. The maximum atomic E-state index is 12.2. The third-order valence-electron chi connectivity index (χ3n) is 2.24. The molecule has 0 aliphatic carbocycles. The number of hydrogen-bond acceptors (Lipinski definition) is 4. The molecular weight excluding hydrogens is 387 g/mol. The predicted octanol–water partition coefficient (Wildman–Crippen LogP) is 3.88. The molecule has 0 unspecified atom stereocenters. The van der Waals surface area contributed by atoms with Crippen LogP contribution >= 0.6 is 27.5 Å². The van der Waals surface area contributed by atoms with E-state index in [2.05, 4.69) is 25.1 Å². The number of nitrogens with zero attached hydrogens (tertiary/aromatic N) is 1. The third kappa shape index (κ3) is 2.84. The first-order valence-corrected chi connectivity index (χ1v) is 7.44. The summed E-state index contributed by atoms with van der Waals surface area (Å²) in [5.74, 6) is -0.687. The van der Waals surface area contributed by atoms with Crippen molar-refractivity contribution in [2.45, 2.75) is 5.51 Å². The largest absolute Gasteiger partial charge is 0.534 e. The van der Waals surface area contributed by atoms with Gasteiger partial charge in [0.25, 0.3) is 0 Å². The van der Waals surface area contributed by atoms with E-state index in [9.17, 15) is 21.6 Å². The van der Waals surface area contributed by atoms with Gasteiger partial charge in [0.15, 0.2) is 0 Å². The molecule has 0 aliphatic heterocycles. The average molecular weight is 391 g/mol. The van der Waals surface area contributed by atoms with Gasteiger partial charge in [0, 0.05) is 22.1 Å². The molecule has 20 heavy (non-hydrogen) atoms. The first-order chi connectivity index (χ1) is 9.12. The number of benzene rings is 1. The number of halogens is 5. The highest BCUT2D eigenvalue weighted by Gasteiger charge is 2.48. The monoisotopic (exact) mass is 389 g/mol. The highest BCUT2D eigenvalue weighted by atomic mass is 79.9. The van der Waals surface area contributed by atoms with Crippen LogP contribution in [0.5, 0.6) is 5.88 Å². The summed E-state index contributed by atoms with van der Waals surface area (Å²) in [6.07, 6.45) is 1.13. The van der Waals surface area contributed by atoms with Gasteiger partial charge in [-0.15, -0.1) is 0 Å². The van der Waals surface area contributed by atoms with E-state index < -0.39 is 21.5 Å². The van der Waals surface area contributed by atoms with Crippen LogP contribution in [0.3, 0.4) is 0 Å². The third-order valence-corrected chi connectivity index (χ3v) is 4.50. The summed E-state index contributed by atoms with van der Waals surface area (Å²) in [5.41, 5.74) is -5.51. The zero-order chi connectivity index (χ0) is 15.1. The van der Waals surface area contributed by atoms with E-state index in [4.69, 9.17) is 11.6 Å². The van der Waals surface area contributed by atoms with Crippen molar-refractivity contribution in [3.05, 3.63) is 33.9 Å². The van der Waals surface area contributed by atoms with Crippen molar-refractivity contribution in [1.82, 2.24) is 4.98 Å². The second-order valence-electron chi connectivity index (χ2n) is 3.59. The fourth-order valence-electron chi connectivity index (χ4n) is 1.34. The Hall–Kier alpha value is -1.06. The summed E-state index contributed by atoms with van der Waals surface area (Å²) in [7, 11) is -5.74. The topological polar surface area (TPSA) is 56.3 Å². The van der Waals surface area contributed by atoms with E-state index in [1.54, 1.807) is 6.07 Å². The number of aromatic nitrogens is 1. The summed E-state index contributed by atoms with van der Waals surface area (Å²) in [5, 5.41) is 1.14. The molecule has 1 heterocycles. The number of rotatable bonds is 2. The van der Waals surface area contributed by atoms with Crippen molar-refractivity contribution >= 4 is 48.4 Å². The highest BCUT2D eigenvalue weighted by Crippen LogP contribution is 2.33. The van der Waals surface area contributed by atoms with Crippen LogP contribution in [0.15, 0.2) is 28.9 Å². The second-order valence-corrected chi connectivity index (χ2v) is 6.36. The lowest BCUT2D eigenvalue weighted by atomic mass is 10.2. The molecule has 2 rings (SSSR count). The van der Waals surface area contributed by atoms with Gasteiger partial charge in [-0.2, -0.15) is 21.6 Å². The molecule has 0 amide bonds. The molecule has 0 radical (unpaired) electrons. The van der Waals surface area contributed by atoms with E-state index in [1.165, 1.54) is 6.07 Å². The minimum Gasteiger partial charge on any atom is -0.355 e. The minimum atomic E-state index is -5.74. The zero-order valence-corrected chi connectivity index (χ0v) is 12.4. The Labute approximate surface area is 124 Å². The second kappa shape index (κ2) is 5.05. The lowest BCUT2D eigenvalue weighted by Gasteiger charge is -2.09. The van der Waals surface area contributed by atoms with Gasteiger partial charge >= 0.3 is 15.6 Å². The molecule has 0 spiro atoms. The first kappa shape index (κ1) is 15.3. The van der Waals surface area contributed by atoms with E-state index in [0.717, 1.165) is 12.3 Å².